The molecule has 1 unspecified atom stereocenters. The van der Waals surface area contributed by atoms with Gasteiger partial charge in [0.1, 0.15) is 11.6 Å². The van der Waals surface area contributed by atoms with Crippen LogP contribution in [0.5, 0.6) is 0 Å². The predicted octanol–water partition coefficient (Wildman–Crippen LogP) is 3.38. The number of amides is 1. The third-order valence-corrected chi connectivity index (χ3v) is 5.23. The Hall–Kier alpha value is -2.06. The Balaban J connectivity index is 1.82. The van der Waals surface area contributed by atoms with E-state index in [4.69, 9.17) is 4.74 Å². The highest BCUT2D eigenvalue weighted by molar-refractivity contribution is 7.15. The lowest BCUT2D eigenvalue weighted by atomic mass is 9.98. The van der Waals surface area contributed by atoms with Crippen LogP contribution in [0.25, 0.3) is 0 Å². The van der Waals surface area contributed by atoms with E-state index in [-0.39, 0.29) is 11.9 Å². The molecule has 140 valence electrons. The molecule has 1 aliphatic rings. The van der Waals surface area contributed by atoms with Gasteiger partial charge in [-0.15, -0.1) is 11.3 Å². The van der Waals surface area contributed by atoms with Crippen molar-refractivity contribution in [3.05, 3.63) is 28.7 Å². The number of rotatable bonds is 6. The second kappa shape index (κ2) is 8.55. The number of nitrogens with one attached hydrogen (secondary N) is 1. The Morgan fingerprint density at radius 2 is 2.23 bits per heavy atom. The van der Waals surface area contributed by atoms with Crippen molar-refractivity contribution in [2.75, 3.05) is 25.6 Å². The van der Waals surface area contributed by atoms with Crippen molar-refractivity contribution in [1.82, 2.24) is 19.9 Å². The molecule has 7 nitrogen and oxygen atoms in total. The smallest absolute Gasteiger partial charge is 0.225 e. The van der Waals surface area contributed by atoms with Gasteiger partial charge in [-0.3, -0.25) is 4.79 Å². The van der Waals surface area contributed by atoms with Gasteiger partial charge >= 0.3 is 0 Å². The molecule has 26 heavy (non-hydrogen) atoms. The third kappa shape index (κ3) is 4.56. The van der Waals surface area contributed by atoms with Gasteiger partial charge in [0.25, 0.3) is 0 Å². The number of ether oxygens (including phenoxy) is 1. The second-order valence-electron chi connectivity index (χ2n) is 6.47. The summed E-state index contributed by atoms with van der Waals surface area (Å²) in [7, 11) is 1.62. The highest BCUT2D eigenvalue weighted by atomic mass is 32.1. The number of thiazole rings is 1. The number of piperidine rings is 1. The SMILES string of the molecule is COCCC(=O)N1CCCCC1c1cc(Nc2ncc(C)s2)nc(C)n1. The second-order valence-corrected chi connectivity index (χ2v) is 7.70. The van der Waals surface area contributed by atoms with Crippen LogP contribution in [0.2, 0.25) is 0 Å². The Bertz CT molecular complexity index is 764. The highest BCUT2D eigenvalue weighted by Gasteiger charge is 2.29. The summed E-state index contributed by atoms with van der Waals surface area (Å²) in [5, 5.41) is 4.06. The normalized spacial score (nSPS) is 17.3. The van der Waals surface area contributed by atoms with Crippen LogP contribution in [-0.2, 0) is 9.53 Å². The molecule has 0 spiro atoms. The molecule has 3 rings (SSSR count). The molecule has 0 saturated carbocycles. The summed E-state index contributed by atoms with van der Waals surface area (Å²) >= 11 is 1.58. The van der Waals surface area contributed by atoms with Gasteiger partial charge in [0.2, 0.25) is 5.91 Å². The van der Waals surface area contributed by atoms with Crippen molar-refractivity contribution in [2.45, 2.75) is 45.6 Å². The first-order valence-electron chi connectivity index (χ1n) is 8.90. The van der Waals surface area contributed by atoms with Crippen molar-refractivity contribution >= 4 is 28.2 Å². The molecule has 1 aliphatic heterocycles. The number of likely N-dealkylation sites (tertiary alicyclic amines) is 1. The fourth-order valence-corrected chi connectivity index (χ4v) is 3.89. The predicted molar refractivity (Wildman–Crippen MR) is 102 cm³/mol. The fourth-order valence-electron chi connectivity index (χ4n) is 3.22. The highest BCUT2D eigenvalue weighted by Crippen LogP contribution is 2.32. The molecule has 2 aromatic rings. The molecule has 0 aliphatic carbocycles. The van der Waals surface area contributed by atoms with Crippen molar-refractivity contribution in [3.8, 4) is 0 Å². The van der Waals surface area contributed by atoms with E-state index < -0.39 is 0 Å². The molecule has 1 N–H and O–H groups in total. The van der Waals surface area contributed by atoms with E-state index in [0.29, 0.717) is 18.9 Å². The lowest BCUT2D eigenvalue weighted by Gasteiger charge is -2.35. The van der Waals surface area contributed by atoms with Crippen LogP contribution in [0.1, 0.15) is 48.1 Å². The maximum absolute atomic E-state index is 12.6. The van der Waals surface area contributed by atoms with Gasteiger partial charge in [-0.2, -0.15) is 0 Å². The monoisotopic (exact) mass is 375 g/mol. The van der Waals surface area contributed by atoms with Gasteiger partial charge in [0.15, 0.2) is 5.13 Å². The van der Waals surface area contributed by atoms with E-state index >= 15 is 0 Å². The van der Waals surface area contributed by atoms with Crippen LogP contribution in [-0.4, -0.2) is 46.0 Å². The summed E-state index contributed by atoms with van der Waals surface area (Å²) in [6.07, 6.45) is 5.28. The zero-order valence-electron chi connectivity index (χ0n) is 15.5. The van der Waals surface area contributed by atoms with Crippen LogP contribution in [0.3, 0.4) is 0 Å². The first-order chi connectivity index (χ1) is 12.6. The number of hydrogen-bond donors (Lipinski definition) is 1. The van der Waals surface area contributed by atoms with E-state index in [1.807, 2.05) is 31.0 Å². The number of carbonyl (C=O) groups excluding carboxylic acids is 1. The summed E-state index contributed by atoms with van der Waals surface area (Å²) in [6.45, 7) is 5.11. The number of methoxy groups -OCH3 is 1. The van der Waals surface area contributed by atoms with Crippen LogP contribution < -0.4 is 5.32 Å². The number of aromatic nitrogens is 3. The fraction of sp³-hybridized carbons (Fsp3) is 0.556. The number of carbonyl (C=O) groups is 1. The number of anilines is 2. The van der Waals surface area contributed by atoms with Gasteiger partial charge in [0.05, 0.1) is 24.8 Å². The van der Waals surface area contributed by atoms with Crippen molar-refractivity contribution in [1.29, 1.82) is 0 Å². The van der Waals surface area contributed by atoms with E-state index in [1.165, 1.54) is 0 Å². The molecule has 0 aromatic carbocycles. The quantitative estimate of drug-likeness (QED) is 0.834. The lowest BCUT2D eigenvalue weighted by Crippen LogP contribution is -2.39. The maximum atomic E-state index is 12.6. The van der Waals surface area contributed by atoms with E-state index in [2.05, 4.69) is 20.3 Å². The lowest BCUT2D eigenvalue weighted by molar-refractivity contribution is -0.136. The van der Waals surface area contributed by atoms with Crippen LogP contribution in [0, 0.1) is 13.8 Å². The van der Waals surface area contributed by atoms with Crippen molar-refractivity contribution < 1.29 is 9.53 Å². The summed E-state index contributed by atoms with van der Waals surface area (Å²) in [6, 6.07) is 1.93. The largest absolute Gasteiger partial charge is 0.384 e. The zero-order valence-corrected chi connectivity index (χ0v) is 16.3. The van der Waals surface area contributed by atoms with Crippen molar-refractivity contribution in [3.63, 3.8) is 0 Å². The zero-order chi connectivity index (χ0) is 18.5. The Kier molecular flexibility index (Phi) is 6.16. The van der Waals surface area contributed by atoms with E-state index in [9.17, 15) is 4.79 Å². The standard InChI is InChI=1S/C18H25N5O2S/c1-12-11-19-18(26-12)22-16-10-14(20-13(2)21-16)15-6-4-5-8-23(15)17(24)7-9-25-3/h10-11,15H,4-9H2,1-3H3,(H,19,20,21,22). The first kappa shape index (κ1) is 18.7. The van der Waals surface area contributed by atoms with Gasteiger partial charge in [-0.05, 0) is 33.1 Å². The Labute approximate surface area is 157 Å². The van der Waals surface area contributed by atoms with Gasteiger partial charge < -0.3 is 15.0 Å². The minimum absolute atomic E-state index is 0.00612. The molecule has 1 amide bonds. The summed E-state index contributed by atoms with van der Waals surface area (Å²) in [5.74, 6) is 1.53. The molecule has 3 heterocycles. The summed E-state index contributed by atoms with van der Waals surface area (Å²) in [4.78, 5) is 29.1. The summed E-state index contributed by atoms with van der Waals surface area (Å²) in [5.41, 5.74) is 0.888. The van der Waals surface area contributed by atoms with E-state index in [1.54, 1.807) is 18.4 Å². The van der Waals surface area contributed by atoms with Crippen LogP contribution in [0.15, 0.2) is 12.3 Å². The molecule has 1 atom stereocenters. The minimum Gasteiger partial charge on any atom is -0.384 e. The van der Waals surface area contributed by atoms with Gasteiger partial charge in [-0.1, -0.05) is 0 Å². The molecule has 1 fully saturated rings. The minimum atomic E-state index is -0.00612. The third-order valence-electron chi connectivity index (χ3n) is 4.40. The maximum Gasteiger partial charge on any atom is 0.225 e. The van der Waals surface area contributed by atoms with Crippen LogP contribution >= 0.6 is 11.3 Å². The first-order valence-corrected chi connectivity index (χ1v) is 9.72. The van der Waals surface area contributed by atoms with Crippen LogP contribution in [0.4, 0.5) is 10.9 Å². The summed E-state index contributed by atoms with van der Waals surface area (Å²) < 4.78 is 5.06. The molecule has 1 saturated heterocycles. The average molecular weight is 375 g/mol. The molecule has 0 radical (unpaired) electrons. The molecule has 2 aromatic heterocycles. The Morgan fingerprint density at radius 1 is 1.38 bits per heavy atom. The van der Waals surface area contributed by atoms with E-state index in [0.717, 1.165) is 47.3 Å². The Morgan fingerprint density at radius 3 is 2.96 bits per heavy atom. The molecule has 8 heteroatoms. The average Bonchev–Trinajstić information content (AvgIpc) is 3.04. The topological polar surface area (TPSA) is 80.2 Å². The number of aryl methyl sites for hydroxylation is 2. The molecular formula is C18H25N5O2S. The number of hydrogen-bond acceptors (Lipinski definition) is 7. The van der Waals surface area contributed by atoms with Gasteiger partial charge in [0, 0.05) is 30.8 Å². The number of nitrogens with zero attached hydrogens (tertiary/aromatic N) is 4. The van der Waals surface area contributed by atoms with Crippen molar-refractivity contribution in [2.24, 2.45) is 0 Å². The van der Waals surface area contributed by atoms with Gasteiger partial charge in [-0.25, -0.2) is 15.0 Å². The molecular weight excluding hydrogens is 350 g/mol. The molecule has 0 bridgehead atoms.